The fraction of sp³-hybridized carbons (Fsp3) is 0.448. The van der Waals surface area contributed by atoms with Gasteiger partial charge in [-0.1, -0.05) is 0 Å². The Labute approximate surface area is 237 Å². The number of unbranched alkanes of at least 4 members (excludes halogenated alkanes) is 1. The lowest BCUT2D eigenvalue weighted by atomic mass is 9.96. The Balaban J connectivity index is 1.49. The molecule has 0 bridgehead atoms. The molecule has 1 aliphatic rings. The third-order valence-corrected chi connectivity index (χ3v) is 6.66. The second kappa shape index (κ2) is 15.0. The van der Waals surface area contributed by atoms with E-state index < -0.39 is 5.92 Å². The number of rotatable bonds is 15. The number of amides is 1. The number of ketones is 3. The number of ether oxygens (including phenoxy) is 2. The van der Waals surface area contributed by atoms with Gasteiger partial charge in [-0.25, -0.2) is 0 Å². The summed E-state index contributed by atoms with van der Waals surface area (Å²) in [7, 11) is 1.58. The van der Waals surface area contributed by atoms with Gasteiger partial charge in [0.05, 0.1) is 19.6 Å². The second-order valence-electron chi connectivity index (χ2n) is 9.43. The number of benzene rings is 2. The zero-order valence-electron chi connectivity index (χ0n) is 21.9. The van der Waals surface area contributed by atoms with Gasteiger partial charge in [0.2, 0.25) is 5.91 Å². The molecule has 0 aromatic heterocycles. The lowest BCUT2D eigenvalue weighted by Gasteiger charge is -2.22. The van der Waals surface area contributed by atoms with Gasteiger partial charge in [-0.2, -0.15) is 0 Å². The summed E-state index contributed by atoms with van der Waals surface area (Å²) < 4.78 is 10.8. The van der Waals surface area contributed by atoms with Crippen molar-refractivity contribution in [3.63, 3.8) is 0 Å². The van der Waals surface area contributed by atoms with Crippen LogP contribution >= 0.6 is 22.6 Å². The van der Waals surface area contributed by atoms with Crippen LogP contribution in [0.2, 0.25) is 0 Å². The predicted octanol–water partition coefficient (Wildman–Crippen LogP) is 4.49. The first-order chi connectivity index (χ1) is 18.2. The summed E-state index contributed by atoms with van der Waals surface area (Å²) in [5.41, 5.74) is 1.17. The van der Waals surface area contributed by atoms with E-state index in [2.05, 4.69) is 27.9 Å². The van der Waals surface area contributed by atoms with Crippen LogP contribution in [0, 0.1) is 5.92 Å². The largest absolute Gasteiger partial charge is 0.497 e. The van der Waals surface area contributed by atoms with Crippen LogP contribution < -0.4 is 14.8 Å². The lowest BCUT2D eigenvalue weighted by Crippen LogP contribution is -2.40. The van der Waals surface area contributed by atoms with Crippen molar-refractivity contribution < 1.29 is 28.7 Å². The molecule has 1 fully saturated rings. The molecule has 1 saturated heterocycles. The van der Waals surface area contributed by atoms with Crippen LogP contribution in [-0.2, 0) is 9.59 Å². The molecule has 9 heteroatoms. The lowest BCUT2D eigenvalue weighted by molar-refractivity contribution is -0.121. The van der Waals surface area contributed by atoms with Crippen molar-refractivity contribution in [3.05, 3.63) is 59.7 Å². The average molecular weight is 635 g/mol. The van der Waals surface area contributed by atoms with E-state index in [0.717, 1.165) is 0 Å². The van der Waals surface area contributed by atoms with E-state index in [1.165, 1.54) is 0 Å². The molecule has 204 valence electrons. The monoisotopic (exact) mass is 634 g/mol. The molecule has 38 heavy (non-hydrogen) atoms. The summed E-state index contributed by atoms with van der Waals surface area (Å²) >= 11 is 2.16. The smallest absolute Gasteiger partial charge is 0.220 e. The first kappa shape index (κ1) is 29.8. The number of alkyl halides is 1. The second-order valence-corrected chi connectivity index (χ2v) is 11.2. The molecule has 1 amide bonds. The van der Waals surface area contributed by atoms with Gasteiger partial charge < -0.3 is 14.8 Å². The van der Waals surface area contributed by atoms with E-state index in [1.54, 1.807) is 55.6 Å². The van der Waals surface area contributed by atoms with Gasteiger partial charge >= 0.3 is 0 Å². The Morgan fingerprint density at radius 3 is 2.21 bits per heavy atom. The third-order valence-electron chi connectivity index (χ3n) is 6.41. The molecule has 1 heterocycles. The van der Waals surface area contributed by atoms with Gasteiger partial charge in [0.15, 0.2) is 11.6 Å². The fourth-order valence-electron chi connectivity index (χ4n) is 4.34. The zero-order valence-corrected chi connectivity index (χ0v) is 24.1. The quantitative estimate of drug-likeness (QED) is 0.133. The molecule has 1 N–H and O–H groups in total. The fourth-order valence-corrected chi connectivity index (χ4v) is 4.63. The van der Waals surface area contributed by atoms with Gasteiger partial charge in [-0.15, -0.1) is 0 Å². The van der Waals surface area contributed by atoms with Crippen molar-refractivity contribution in [2.75, 3.05) is 33.3 Å². The molecule has 2 aromatic rings. The Morgan fingerprint density at radius 1 is 0.974 bits per heavy atom. The van der Waals surface area contributed by atoms with Gasteiger partial charge in [0.25, 0.3) is 0 Å². The molecule has 2 atom stereocenters. The maximum atomic E-state index is 13.3. The summed E-state index contributed by atoms with van der Waals surface area (Å²) in [6, 6.07) is 14.0. The molecular weight excluding hydrogens is 599 g/mol. The minimum Gasteiger partial charge on any atom is -0.497 e. The molecule has 8 nitrogen and oxygen atoms in total. The Hall–Kier alpha value is -2.79. The highest BCUT2D eigenvalue weighted by molar-refractivity contribution is 14.1. The van der Waals surface area contributed by atoms with E-state index in [1.807, 2.05) is 11.8 Å². The Morgan fingerprint density at radius 2 is 1.61 bits per heavy atom. The van der Waals surface area contributed by atoms with Crippen molar-refractivity contribution in [2.45, 2.75) is 43.1 Å². The summed E-state index contributed by atoms with van der Waals surface area (Å²) in [6.45, 7) is 3.48. The number of hydrogen-bond donors (Lipinski definition) is 1. The van der Waals surface area contributed by atoms with Crippen LogP contribution in [-0.4, -0.2) is 65.6 Å². The number of Topliss-reactive ketones (excluding diaryl/α,β-unsaturated/α-hetero) is 3. The first-order valence-corrected chi connectivity index (χ1v) is 14.1. The highest BCUT2D eigenvalue weighted by atomic mass is 127. The van der Waals surface area contributed by atoms with Gasteiger partial charge in [0, 0.05) is 50.0 Å². The van der Waals surface area contributed by atoms with Crippen LogP contribution in [0.3, 0.4) is 0 Å². The van der Waals surface area contributed by atoms with Gasteiger partial charge in [0.1, 0.15) is 21.4 Å². The van der Waals surface area contributed by atoms with E-state index in [9.17, 15) is 19.2 Å². The van der Waals surface area contributed by atoms with Crippen LogP contribution in [0.1, 0.15) is 59.7 Å². The third kappa shape index (κ3) is 9.50. The van der Waals surface area contributed by atoms with Crippen molar-refractivity contribution in [1.82, 2.24) is 10.2 Å². The predicted molar refractivity (Wildman–Crippen MR) is 153 cm³/mol. The summed E-state index contributed by atoms with van der Waals surface area (Å²) in [4.78, 5) is 51.9. The minimum absolute atomic E-state index is 0.00498. The van der Waals surface area contributed by atoms with E-state index >= 15 is 0 Å². The number of carbonyl (C=O) groups is 4. The van der Waals surface area contributed by atoms with Crippen molar-refractivity contribution in [1.29, 1.82) is 0 Å². The van der Waals surface area contributed by atoms with Gasteiger partial charge in [-0.3, -0.25) is 24.1 Å². The van der Waals surface area contributed by atoms with Crippen molar-refractivity contribution in [2.24, 2.45) is 5.92 Å². The molecular formula is C29H35IN2O6. The standard InChI is InChI=1S/C29H35IN2O6/c1-20(30)38-26-13-9-22(10-14-26)29(36)23(18-32-16-15-24(33)19-32)17-31-28(35)6-4-3-5-27(34)21-7-11-25(37-2)12-8-21/h7-14,20,23H,3-6,15-19H2,1-2H3,(H,31,35). The molecule has 3 rings (SSSR count). The first-order valence-electron chi connectivity index (χ1n) is 12.9. The number of nitrogens with zero attached hydrogens (tertiary/aromatic N) is 1. The maximum absolute atomic E-state index is 13.3. The Bertz CT molecular complexity index is 1100. The molecule has 0 radical (unpaired) electrons. The molecule has 0 saturated carbocycles. The Kier molecular flexibility index (Phi) is 11.7. The summed E-state index contributed by atoms with van der Waals surface area (Å²) in [6.07, 6.45) is 2.30. The summed E-state index contributed by atoms with van der Waals surface area (Å²) in [5.74, 6) is 0.867. The van der Waals surface area contributed by atoms with E-state index in [0.29, 0.717) is 67.9 Å². The summed E-state index contributed by atoms with van der Waals surface area (Å²) in [5, 5.41) is 2.89. The van der Waals surface area contributed by atoms with E-state index in [4.69, 9.17) is 9.47 Å². The van der Waals surface area contributed by atoms with E-state index in [-0.39, 0.29) is 40.3 Å². The number of carbonyl (C=O) groups excluding carboxylic acids is 4. The highest BCUT2D eigenvalue weighted by Gasteiger charge is 2.27. The molecule has 0 aliphatic carbocycles. The minimum atomic E-state index is -0.475. The van der Waals surface area contributed by atoms with Crippen LogP contribution in [0.5, 0.6) is 11.5 Å². The van der Waals surface area contributed by atoms with Crippen molar-refractivity contribution >= 4 is 45.8 Å². The number of halogens is 1. The van der Waals surface area contributed by atoms with Gasteiger partial charge in [-0.05, 0) is 90.9 Å². The normalized spacial score (nSPS) is 15.1. The average Bonchev–Trinajstić information content (AvgIpc) is 3.33. The number of nitrogens with one attached hydrogen (secondary N) is 1. The number of methoxy groups -OCH3 is 1. The molecule has 1 aliphatic heterocycles. The SMILES string of the molecule is COc1ccc(C(=O)CCCCC(=O)NCC(CN2CCC(=O)C2)C(=O)c2ccc(OC(C)I)cc2)cc1. The molecule has 2 aromatic carbocycles. The number of hydrogen-bond acceptors (Lipinski definition) is 7. The molecule has 0 spiro atoms. The highest BCUT2D eigenvalue weighted by Crippen LogP contribution is 2.19. The van der Waals surface area contributed by atoms with Crippen LogP contribution in [0.4, 0.5) is 0 Å². The topological polar surface area (TPSA) is 102 Å². The van der Waals surface area contributed by atoms with Crippen LogP contribution in [0.25, 0.3) is 0 Å². The van der Waals surface area contributed by atoms with Crippen molar-refractivity contribution in [3.8, 4) is 11.5 Å². The maximum Gasteiger partial charge on any atom is 0.220 e. The van der Waals surface area contributed by atoms with Crippen LogP contribution in [0.15, 0.2) is 48.5 Å². The molecule has 2 unspecified atom stereocenters. The number of likely N-dealkylation sites (tertiary alicyclic amines) is 1. The zero-order chi connectivity index (χ0) is 27.5.